The van der Waals surface area contributed by atoms with Crippen molar-refractivity contribution in [3.05, 3.63) is 12.2 Å². The molecule has 1 fully saturated rings. The number of nitrogens with one attached hydrogen (secondary N) is 4. The van der Waals surface area contributed by atoms with E-state index in [9.17, 15) is 48.3 Å². The van der Waals surface area contributed by atoms with Crippen molar-refractivity contribution in [2.75, 3.05) is 55.9 Å². The maximum atomic E-state index is 15.1. The lowest BCUT2D eigenvalue weighted by Gasteiger charge is -2.41. The van der Waals surface area contributed by atoms with E-state index in [2.05, 4.69) is 21.3 Å². The first-order valence-corrected chi connectivity index (χ1v) is 30.6. The van der Waals surface area contributed by atoms with E-state index in [0.29, 0.717) is 12.8 Å². The highest BCUT2D eigenvalue weighted by atomic mass is 16.3. The molecule has 0 aliphatic carbocycles. The van der Waals surface area contributed by atoms with E-state index in [-0.39, 0.29) is 43.4 Å². The molecule has 0 unspecified atom stereocenters. The number of rotatable bonds is 15. The van der Waals surface area contributed by atoms with E-state index in [1.54, 1.807) is 74.5 Å². The lowest BCUT2D eigenvalue weighted by atomic mass is 9.91. The average Bonchev–Trinajstić information content (AvgIpc) is 3.54. The molecular formula is C62H111N11O12. The average molecular weight is 1200 g/mol. The van der Waals surface area contributed by atoms with Gasteiger partial charge in [0.2, 0.25) is 65.0 Å². The van der Waals surface area contributed by atoms with Crippen molar-refractivity contribution in [1.29, 1.82) is 0 Å². The predicted octanol–water partition coefficient (Wildman–Crippen LogP) is 3.27. The fraction of sp³-hybridized carbons (Fsp3) is 0.790. The molecule has 23 nitrogen and oxygen atoms in total. The normalized spacial score (nSPS) is 26.9. The van der Waals surface area contributed by atoms with Gasteiger partial charge in [-0.05, 0) is 101 Å². The van der Waals surface area contributed by atoms with E-state index in [4.69, 9.17) is 0 Å². The van der Waals surface area contributed by atoms with E-state index < -0.39 is 162 Å². The van der Waals surface area contributed by atoms with E-state index in [1.165, 1.54) is 87.7 Å². The van der Waals surface area contributed by atoms with Crippen LogP contribution in [0.25, 0.3) is 0 Å². The third-order valence-corrected chi connectivity index (χ3v) is 16.3. The summed E-state index contributed by atoms with van der Waals surface area (Å²) < 4.78 is 0. The van der Waals surface area contributed by atoms with E-state index in [1.807, 2.05) is 41.5 Å². The molecule has 0 spiro atoms. The molecule has 12 atom stereocenters. The Hall–Kier alpha value is -6.13. The highest BCUT2D eigenvalue weighted by Crippen LogP contribution is 2.26. The van der Waals surface area contributed by atoms with Crippen molar-refractivity contribution in [3.63, 3.8) is 0 Å². The first-order valence-electron chi connectivity index (χ1n) is 30.6. The first-order chi connectivity index (χ1) is 39.2. The summed E-state index contributed by atoms with van der Waals surface area (Å²) in [6, 6.07) is -12.3. The van der Waals surface area contributed by atoms with Crippen LogP contribution in [-0.2, 0) is 52.7 Å². The third-order valence-electron chi connectivity index (χ3n) is 16.3. The van der Waals surface area contributed by atoms with Crippen LogP contribution in [0.3, 0.4) is 0 Å². The van der Waals surface area contributed by atoms with Crippen LogP contribution in [0, 0.1) is 41.4 Å². The molecule has 0 aromatic heterocycles. The molecule has 85 heavy (non-hydrogen) atoms. The number of hydrogen-bond donors (Lipinski definition) is 5. The van der Waals surface area contributed by atoms with Crippen molar-refractivity contribution in [1.82, 2.24) is 55.6 Å². The van der Waals surface area contributed by atoms with Gasteiger partial charge in [-0.15, -0.1) is 0 Å². The van der Waals surface area contributed by atoms with Crippen molar-refractivity contribution in [2.45, 2.75) is 223 Å². The molecule has 1 aliphatic rings. The van der Waals surface area contributed by atoms with Gasteiger partial charge in [0.05, 0.1) is 12.6 Å². The zero-order valence-corrected chi connectivity index (χ0v) is 56.1. The van der Waals surface area contributed by atoms with Gasteiger partial charge < -0.3 is 60.7 Å². The molecule has 11 amide bonds. The monoisotopic (exact) mass is 1200 g/mol. The zero-order valence-electron chi connectivity index (χ0n) is 56.1. The first kappa shape index (κ1) is 76.9. The third kappa shape index (κ3) is 21.4. The number of carbonyl (C=O) groups is 11. The van der Waals surface area contributed by atoms with Gasteiger partial charge in [-0.3, -0.25) is 52.7 Å². The van der Waals surface area contributed by atoms with E-state index >= 15 is 9.59 Å². The number of likely N-dealkylation sites (N-methyl/N-ethyl adjacent to an activating group) is 7. The SMILES string of the molecule is C/C=C/C[C@@H](C)[C@@H](O)[C@H]1C(=O)N[C@@H](CC)C(=O)N(C)CC(=O)N(C)[C@@H](C(C)C)C(=O)N[C@H](C(C)C)C(=O)N(C)[C@H](CCC(C)C)C(=O)N[C@H](C)C(=O)N[C@@H](C)C(=O)N(C)[C@@H](CC(C)C)C(=O)N(C)[C@@H](CC(C)C)C(=O)N(C)[C@@H](C(C)C)C(=O)N1C. The predicted molar refractivity (Wildman–Crippen MR) is 328 cm³/mol. The summed E-state index contributed by atoms with van der Waals surface area (Å²) in [5, 5.41) is 23.1. The van der Waals surface area contributed by atoms with Crippen LogP contribution in [0.15, 0.2) is 12.2 Å². The number of allylic oxidation sites excluding steroid dienone is 2. The summed E-state index contributed by atoms with van der Waals surface area (Å²) in [5.74, 6) is -9.87. The molecule has 5 N–H and O–H groups in total. The molecule has 0 aromatic rings. The second-order valence-electron chi connectivity index (χ2n) is 26.0. The topological polar surface area (TPSA) is 279 Å². The number of aliphatic hydroxyl groups is 1. The Morgan fingerprint density at radius 3 is 1.40 bits per heavy atom. The van der Waals surface area contributed by atoms with Gasteiger partial charge in [-0.25, -0.2) is 0 Å². The van der Waals surface area contributed by atoms with Crippen molar-refractivity contribution >= 4 is 65.0 Å². The lowest BCUT2D eigenvalue weighted by molar-refractivity contribution is -0.157. The summed E-state index contributed by atoms with van der Waals surface area (Å²) in [6.07, 6.45) is 3.41. The summed E-state index contributed by atoms with van der Waals surface area (Å²) in [5.41, 5.74) is 0. The summed E-state index contributed by atoms with van der Waals surface area (Å²) >= 11 is 0. The molecule has 486 valence electrons. The summed E-state index contributed by atoms with van der Waals surface area (Å²) in [4.78, 5) is 168. The Bertz CT molecular complexity index is 2330. The minimum atomic E-state index is -1.61. The Kier molecular flexibility index (Phi) is 31.5. The fourth-order valence-corrected chi connectivity index (χ4v) is 10.8. The van der Waals surface area contributed by atoms with Crippen LogP contribution in [0.4, 0.5) is 0 Å². The van der Waals surface area contributed by atoms with Crippen LogP contribution in [-0.4, -0.2) is 227 Å². The maximum absolute atomic E-state index is 15.1. The largest absolute Gasteiger partial charge is 0.390 e. The highest BCUT2D eigenvalue weighted by molar-refractivity contribution is 5.99. The number of amides is 11. The lowest BCUT2D eigenvalue weighted by Crippen LogP contribution is -2.63. The second kappa shape index (κ2) is 34.9. The summed E-state index contributed by atoms with van der Waals surface area (Å²) in [7, 11) is 9.90. The number of nitrogens with zero attached hydrogens (tertiary/aromatic N) is 7. The summed E-state index contributed by atoms with van der Waals surface area (Å²) in [6.45, 7) is 29.2. The van der Waals surface area contributed by atoms with Gasteiger partial charge in [-0.1, -0.05) is 109 Å². The van der Waals surface area contributed by atoms with Crippen LogP contribution in [0.5, 0.6) is 0 Å². The fourth-order valence-electron chi connectivity index (χ4n) is 10.8. The molecule has 0 radical (unpaired) electrons. The van der Waals surface area contributed by atoms with Crippen LogP contribution < -0.4 is 21.3 Å². The molecule has 1 heterocycles. The standard InChI is InChI=1S/C62H111N11O12/c1-25-27-28-40(15)52(75)51-56(79)65-43(26-2)58(81)67(18)33-47(74)71(22)49(38(11)12)55(78)66-48(37(9)10)61(84)68(19)44(30-29-34(3)4)54(77)63-41(16)53(76)64-42(17)57(80)69(20)45(31-35(5)6)59(82)70(21)46(32-36(7)8)60(83)72(23)50(39(13)14)62(85)73(51)24/h25,27,34-46,48-52,75H,26,28-33H2,1-24H3,(H,63,77)(H,64,76)(H,65,79)(H,66,78)/b27-25+/t40-,41-,42+,43+,44-,45+,46+,48-,49+,50+,51+,52-/m1/s1. The molecule has 1 aliphatic heterocycles. The van der Waals surface area contributed by atoms with Crippen molar-refractivity contribution in [3.8, 4) is 0 Å². The van der Waals surface area contributed by atoms with Gasteiger partial charge in [0.1, 0.15) is 60.4 Å². The van der Waals surface area contributed by atoms with E-state index in [0.717, 1.165) is 9.80 Å². The van der Waals surface area contributed by atoms with Gasteiger partial charge in [0, 0.05) is 49.3 Å². The second-order valence-corrected chi connectivity index (χ2v) is 26.0. The number of carbonyl (C=O) groups excluding carboxylic acids is 11. The zero-order chi connectivity index (χ0) is 66.0. The van der Waals surface area contributed by atoms with Crippen molar-refractivity contribution < 1.29 is 57.8 Å². The van der Waals surface area contributed by atoms with Crippen molar-refractivity contribution in [2.24, 2.45) is 41.4 Å². The van der Waals surface area contributed by atoms with Crippen LogP contribution in [0.1, 0.15) is 156 Å². The smallest absolute Gasteiger partial charge is 0.246 e. The number of aliphatic hydroxyl groups excluding tert-OH is 1. The molecule has 1 saturated heterocycles. The molecule has 1 rings (SSSR count). The molecule has 0 saturated carbocycles. The Morgan fingerprint density at radius 1 is 0.482 bits per heavy atom. The molecule has 0 bridgehead atoms. The molecule has 0 aromatic carbocycles. The molecular weight excluding hydrogens is 1090 g/mol. The van der Waals surface area contributed by atoms with Crippen LogP contribution >= 0.6 is 0 Å². The maximum Gasteiger partial charge on any atom is 0.246 e. The minimum Gasteiger partial charge on any atom is -0.390 e. The van der Waals surface area contributed by atoms with Gasteiger partial charge in [-0.2, -0.15) is 0 Å². The Balaban J connectivity index is 4.31. The highest BCUT2D eigenvalue weighted by Gasteiger charge is 2.46. The Labute approximate surface area is 508 Å². The quantitative estimate of drug-likeness (QED) is 0.148. The Morgan fingerprint density at radius 2 is 0.941 bits per heavy atom. The van der Waals surface area contributed by atoms with Gasteiger partial charge >= 0.3 is 0 Å². The molecule has 23 heteroatoms. The van der Waals surface area contributed by atoms with Gasteiger partial charge in [0.15, 0.2) is 0 Å². The number of hydrogen-bond acceptors (Lipinski definition) is 12. The van der Waals surface area contributed by atoms with Crippen LogP contribution in [0.2, 0.25) is 0 Å². The minimum absolute atomic E-state index is 0.0218. The van der Waals surface area contributed by atoms with Gasteiger partial charge in [0.25, 0.3) is 0 Å².